The molecule has 5 nitrogen and oxygen atoms in total. The van der Waals surface area contributed by atoms with Crippen molar-refractivity contribution in [1.29, 1.82) is 5.26 Å². The molecule has 1 aromatic heterocycles. The Labute approximate surface area is 127 Å². The van der Waals surface area contributed by atoms with Gasteiger partial charge in [0, 0.05) is 18.4 Å². The van der Waals surface area contributed by atoms with Gasteiger partial charge in [0.2, 0.25) is 0 Å². The quantitative estimate of drug-likeness (QED) is 0.909. The number of halogens is 1. The molecule has 1 amide bonds. The van der Waals surface area contributed by atoms with Gasteiger partial charge in [-0.05, 0) is 30.7 Å². The summed E-state index contributed by atoms with van der Waals surface area (Å²) < 4.78 is 1.82. The molecule has 2 aromatic rings. The van der Waals surface area contributed by atoms with Gasteiger partial charge < -0.3 is 15.6 Å². The van der Waals surface area contributed by atoms with E-state index in [1.54, 1.807) is 30.5 Å². The number of hydrogen-bond acceptors (Lipinski definition) is 3. The van der Waals surface area contributed by atoms with Crippen LogP contribution in [0.3, 0.4) is 0 Å². The zero-order valence-electron chi connectivity index (χ0n) is 11.6. The van der Waals surface area contributed by atoms with E-state index in [0.29, 0.717) is 34.2 Å². The van der Waals surface area contributed by atoms with Crippen LogP contribution in [0.5, 0.6) is 0 Å². The van der Waals surface area contributed by atoms with Crippen LogP contribution in [0.4, 0.5) is 11.4 Å². The Balaban J connectivity index is 2.22. The zero-order valence-corrected chi connectivity index (χ0v) is 12.3. The summed E-state index contributed by atoms with van der Waals surface area (Å²) in [5.74, 6) is -0.263. The molecule has 0 saturated heterocycles. The SMILES string of the molecule is CCCn1cc(N)cc1C(=O)Nc1ccc(C#N)c(Cl)c1. The number of nitrogens with one attached hydrogen (secondary N) is 1. The largest absolute Gasteiger partial charge is 0.397 e. The maximum Gasteiger partial charge on any atom is 0.272 e. The van der Waals surface area contributed by atoms with Crippen LogP contribution in [0.1, 0.15) is 29.4 Å². The van der Waals surface area contributed by atoms with Crippen LogP contribution in [0.15, 0.2) is 30.5 Å². The third-order valence-corrected chi connectivity index (χ3v) is 3.27. The van der Waals surface area contributed by atoms with Crippen LogP contribution in [0, 0.1) is 11.3 Å². The van der Waals surface area contributed by atoms with Crippen molar-refractivity contribution in [2.75, 3.05) is 11.1 Å². The van der Waals surface area contributed by atoms with E-state index < -0.39 is 0 Å². The number of amides is 1. The van der Waals surface area contributed by atoms with Crippen LogP contribution in [0.2, 0.25) is 5.02 Å². The van der Waals surface area contributed by atoms with E-state index >= 15 is 0 Å². The Kier molecular flexibility index (Phi) is 4.51. The Bertz CT molecular complexity index is 715. The first-order chi connectivity index (χ1) is 10.0. The summed E-state index contributed by atoms with van der Waals surface area (Å²) in [5, 5.41) is 11.9. The number of nitrogens with two attached hydrogens (primary N) is 1. The number of nitriles is 1. The second-order valence-corrected chi connectivity index (χ2v) is 5.02. The molecule has 0 aliphatic carbocycles. The average molecular weight is 303 g/mol. The molecule has 1 aromatic carbocycles. The minimum absolute atomic E-state index is 0.263. The maximum atomic E-state index is 12.3. The Morgan fingerprint density at radius 2 is 2.24 bits per heavy atom. The van der Waals surface area contributed by atoms with Crippen LogP contribution in [-0.2, 0) is 6.54 Å². The van der Waals surface area contributed by atoms with Gasteiger partial charge in [-0.3, -0.25) is 4.79 Å². The maximum absolute atomic E-state index is 12.3. The van der Waals surface area contributed by atoms with Gasteiger partial charge in [-0.15, -0.1) is 0 Å². The van der Waals surface area contributed by atoms with Gasteiger partial charge in [0.25, 0.3) is 5.91 Å². The molecular weight excluding hydrogens is 288 g/mol. The fraction of sp³-hybridized carbons (Fsp3) is 0.200. The molecule has 0 fully saturated rings. The van der Waals surface area contributed by atoms with E-state index in [-0.39, 0.29) is 5.91 Å². The average Bonchev–Trinajstić information content (AvgIpc) is 2.80. The molecule has 0 aliphatic rings. The number of anilines is 2. The molecule has 1 heterocycles. The van der Waals surface area contributed by atoms with Crippen LogP contribution >= 0.6 is 11.6 Å². The number of rotatable bonds is 4. The molecule has 0 aliphatic heterocycles. The molecule has 0 spiro atoms. The van der Waals surface area contributed by atoms with Crippen molar-refractivity contribution in [2.24, 2.45) is 0 Å². The van der Waals surface area contributed by atoms with Gasteiger partial charge in [-0.2, -0.15) is 5.26 Å². The van der Waals surface area contributed by atoms with E-state index in [0.717, 1.165) is 6.42 Å². The van der Waals surface area contributed by atoms with Gasteiger partial charge in [-0.25, -0.2) is 0 Å². The lowest BCUT2D eigenvalue weighted by Gasteiger charge is -2.09. The van der Waals surface area contributed by atoms with Crippen molar-refractivity contribution in [3.63, 3.8) is 0 Å². The number of nitrogens with zero attached hydrogens (tertiary/aromatic N) is 2. The van der Waals surface area contributed by atoms with E-state index in [9.17, 15) is 4.79 Å². The van der Waals surface area contributed by atoms with Crippen molar-refractivity contribution in [2.45, 2.75) is 19.9 Å². The third kappa shape index (κ3) is 3.36. The summed E-state index contributed by atoms with van der Waals surface area (Å²) in [6.45, 7) is 2.74. The van der Waals surface area contributed by atoms with Crippen LogP contribution in [-0.4, -0.2) is 10.5 Å². The molecule has 21 heavy (non-hydrogen) atoms. The third-order valence-electron chi connectivity index (χ3n) is 2.96. The lowest BCUT2D eigenvalue weighted by molar-refractivity contribution is 0.101. The predicted molar refractivity (Wildman–Crippen MR) is 83.3 cm³/mol. The summed E-state index contributed by atoms with van der Waals surface area (Å²) in [6, 6.07) is 8.36. The number of carbonyl (C=O) groups is 1. The summed E-state index contributed by atoms with van der Waals surface area (Å²) in [7, 11) is 0. The van der Waals surface area contributed by atoms with E-state index in [2.05, 4.69) is 5.32 Å². The normalized spacial score (nSPS) is 10.1. The lowest BCUT2D eigenvalue weighted by Crippen LogP contribution is -2.16. The monoisotopic (exact) mass is 302 g/mol. The molecule has 0 atom stereocenters. The molecule has 0 unspecified atom stereocenters. The molecule has 0 bridgehead atoms. The summed E-state index contributed by atoms with van der Waals surface area (Å²) in [5.41, 5.74) is 7.69. The highest BCUT2D eigenvalue weighted by atomic mass is 35.5. The summed E-state index contributed by atoms with van der Waals surface area (Å²) >= 11 is 5.95. The number of hydrogen-bond donors (Lipinski definition) is 2. The minimum atomic E-state index is -0.263. The van der Waals surface area contributed by atoms with Crippen molar-refractivity contribution >= 4 is 28.9 Å². The fourth-order valence-electron chi connectivity index (χ4n) is 2.03. The molecule has 108 valence electrons. The number of aryl methyl sites for hydroxylation is 1. The summed E-state index contributed by atoms with van der Waals surface area (Å²) in [4.78, 5) is 12.3. The first-order valence-electron chi connectivity index (χ1n) is 6.51. The molecule has 3 N–H and O–H groups in total. The first kappa shape index (κ1) is 14.9. The van der Waals surface area contributed by atoms with Gasteiger partial charge >= 0.3 is 0 Å². The van der Waals surface area contributed by atoms with E-state index in [1.807, 2.05) is 17.6 Å². The fourth-order valence-corrected chi connectivity index (χ4v) is 2.25. The second-order valence-electron chi connectivity index (χ2n) is 4.61. The van der Waals surface area contributed by atoms with E-state index in [1.165, 1.54) is 0 Å². The van der Waals surface area contributed by atoms with Gasteiger partial charge in [-0.1, -0.05) is 18.5 Å². The highest BCUT2D eigenvalue weighted by molar-refractivity contribution is 6.32. The van der Waals surface area contributed by atoms with Crippen molar-refractivity contribution < 1.29 is 4.79 Å². The zero-order chi connectivity index (χ0) is 15.4. The van der Waals surface area contributed by atoms with Gasteiger partial charge in [0.15, 0.2) is 0 Å². The van der Waals surface area contributed by atoms with Crippen molar-refractivity contribution in [3.05, 3.63) is 46.7 Å². The first-order valence-corrected chi connectivity index (χ1v) is 6.89. The predicted octanol–water partition coefficient (Wildman–Crippen LogP) is 3.26. The Hall–Kier alpha value is -2.45. The molecular formula is C15H15ClN4O. The number of aromatic nitrogens is 1. The molecule has 0 radical (unpaired) electrons. The Morgan fingerprint density at radius 3 is 2.86 bits per heavy atom. The van der Waals surface area contributed by atoms with E-state index in [4.69, 9.17) is 22.6 Å². The standard InChI is InChI=1S/C15H15ClN4O/c1-2-5-20-9-11(18)6-14(20)15(21)19-12-4-3-10(8-17)13(16)7-12/h3-4,6-7,9H,2,5,18H2,1H3,(H,19,21). The highest BCUT2D eigenvalue weighted by Crippen LogP contribution is 2.21. The number of carbonyl (C=O) groups excluding carboxylic acids is 1. The topological polar surface area (TPSA) is 83.8 Å². The second kappa shape index (κ2) is 6.33. The van der Waals surface area contributed by atoms with Crippen LogP contribution < -0.4 is 11.1 Å². The van der Waals surface area contributed by atoms with Crippen LogP contribution in [0.25, 0.3) is 0 Å². The number of nitrogen functional groups attached to an aromatic ring is 1. The Morgan fingerprint density at radius 1 is 1.48 bits per heavy atom. The molecule has 2 rings (SSSR count). The van der Waals surface area contributed by atoms with Gasteiger partial charge in [0.1, 0.15) is 11.8 Å². The molecule has 0 saturated carbocycles. The molecule has 6 heteroatoms. The van der Waals surface area contributed by atoms with Crippen molar-refractivity contribution in [1.82, 2.24) is 4.57 Å². The minimum Gasteiger partial charge on any atom is -0.397 e. The lowest BCUT2D eigenvalue weighted by atomic mass is 10.2. The number of benzene rings is 1. The smallest absolute Gasteiger partial charge is 0.272 e. The van der Waals surface area contributed by atoms with Crippen molar-refractivity contribution in [3.8, 4) is 6.07 Å². The summed E-state index contributed by atoms with van der Waals surface area (Å²) in [6.07, 6.45) is 2.64. The van der Waals surface area contributed by atoms with Gasteiger partial charge in [0.05, 0.1) is 16.3 Å². The highest BCUT2D eigenvalue weighted by Gasteiger charge is 2.13.